The Hall–Kier alpha value is -0.990. The van der Waals surface area contributed by atoms with Crippen molar-refractivity contribution in [3.05, 3.63) is 35.4 Å². The lowest BCUT2D eigenvalue weighted by Crippen LogP contribution is -2.38. The minimum Gasteiger partial charge on any atom is -0.382 e. The zero-order chi connectivity index (χ0) is 14.1. The average molecular weight is 310 g/mol. The molecule has 0 aliphatic heterocycles. The van der Waals surface area contributed by atoms with Crippen LogP contribution in [0.2, 0.25) is 0 Å². The van der Waals surface area contributed by atoms with Crippen LogP contribution in [-0.2, 0) is 6.18 Å². The van der Waals surface area contributed by atoms with Crippen LogP contribution in [0.4, 0.5) is 26.3 Å². The minimum atomic E-state index is -4.93. The summed E-state index contributed by atoms with van der Waals surface area (Å²) in [5, 5.41) is 8.86. The molecule has 0 spiro atoms. The first-order chi connectivity index (χ1) is 8.03. The summed E-state index contributed by atoms with van der Waals surface area (Å²) in [6.45, 7) is 0. The van der Waals surface area contributed by atoms with Gasteiger partial charge >= 0.3 is 12.4 Å². The predicted molar refractivity (Wildman–Crippen MR) is 57.7 cm³/mol. The molecule has 0 aromatic heterocycles. The van der Waals surface area contributed by atoms with Gasteiger partial charge in [0.05, 0.1) is 11.6 Å². The maximum absolute atomic E-state index is 12.2. The van der Waals surface area contributed by atoms with Crippen molar-refractivity contribution in [3.63, 3.8) is 0 Å². The van der Waals surface area contributed by atoms with Crippen LogP contribution < -0.4 is 5.73 Å². The lowest BCUT2D eigenvalue weighted by molar-refractivity contribution is -0.210. The quantitative estimate of drug-likeness (QED) is 0.825. The molecule has 0 amide bonds. The number of rotatable bonds is 2. The van der Waals surface area contributed by atoms with Crippen LogP contribution in [0.25, 0.3) is 0 Å². The van der Waals surface area contributed by atoms with Crippen LogP contribution in [0.15, 0.2) is 24.3 Å². The fourth-order valence-corrected chi connectivity index (χ4v) is 1.28. The van der Waals surface area contributed by atoms with Gasteiger partial charge in [0, 0.05) is 0 Å². The molecule has 0 bridgehead atoms. The number of benzene rings is 1. The summed E-state index contributed by atoms with van der Waals surface area (Å²) in [5.41, 5.74) is 3.90. The molecule has 0 aliphatic carbocycles. The molecule has 1 aromatic rings. The normalized spacial score (nSPS) is 15.6. The van der Waals surface area contributed by atoms with Gasteiger partial charge in [-0.1, -0.05) is 12.1 Å². The van der Waals surface area contributed by atoms with E-state index in [0.717, 1.165) is 12.1 Å². The number of aliphatic hydroxyl groups is 1. The summed E-state index contributed by atoms with van der Waals surface area (Å²) in [6.07, 6.45) is -12.3. The zero-order valence-electron chi connectivity index (χ0n) is 9.16. The number of halogens is 7. The molecule has 0 radical (unpaired) electrons. The van der Waals surface area contributed by atoms with Gasteiger partial charge in [-0.25, -0.2) is 0 Å². The Morgan fingerprint density at radius 2 is 1.37 bits per heavy atom. The Bertz CT molecular complexity index is 402. The van der Waals surface area contributed by atoms with E-state index in [9.17, 15) is 26.3 Å². The van der Waals surface area contributed by atoms with Gasteiger partial charge in [-0.15, -0.1) is 12.4 Å². The third-order valence-corrected chi connectivity index (χ3v) is 2.30. The van der Waals surface area contributed by atoms with Crippen molar-refractivity contribution < 1.29 is 31.4 Å². The predicted octanol–water partition coefficient (Wildman–Crippen LogP) is 3.05. The van der Waals surface area contributed by atoms with Crippen molar-refractivity contribution in [1.29, 1.82) is 0 Å². The lowest BCUT2D eigenvalue weighted by atomic mass is 10.0. The smallest absolute Gasteiger partial charge is 0.382 e. The van der Waals surface area contributed by atoms with Crippen molar-refractivity contribution in [1.82, 2.24) is 0 Å². The molecule has 2 nitrogen and oxygen atoms in total. The van der Waals surface area contributed by atoms with Gasteiger partial charge < -0.3 is 10.8 Å². The third-order valence-electron chi connectivity index (χ3n) is 2.30. The molecule has 0 saturated carbocycles. The van der Waals surface area contributed by atoms with E-state index in [0.29, 0.717) is 12.1 Å². The van der Waals surface area contributed by atoms with Gasteiger partial charge in [0.25, 0.3) is 0 Å². The monoisotopic (exact) mass is 309 g/mol. The number of nitrogens with two attached hydrogens (primary N) is 1. The van der Waals surface area contributed by atoms with Crippen molar-refractivity contribution in [3.8, 4) is 0 Å². The van der Waals surface area contributed by atoms with Gasteiger partial charge in [0.2, 0.25) is 0 Å². The fourth-order valence-electron chi connectivity index (χ4n) is 1.28. The second-order valence-electron chi connectivity index (χ2n) is 3.63. The SMILES string of the molecule is Cl.N[C@H](c1ccc(C(F)(F)F)cc1)[C@@H](O)C(F)(F)F. The second kappa shape index (κ2) is 5.98. The van der Waals surface area contributed by atoms with Crippen molar-refractivity contribution in [2.24, 2.45) is 5.73 Å². The summed E-state index contributed by atoms with van der Waals surface area (Å²) < 4.78 is 73.1. The van der Waals surface area contributed by atoms with E-state index < -0.39 is 30.1 Å². The van der Waals surface area contributed by atoms with Crippen molar-refractivity contribution >= 4 is 12.4 Å². The topological polar surface area (TPSA) is 46.2 Å². The van der Waals surface area contributed by atoms with E-state index >= 15 is 0 Å². The minimum absolute atomic E-state index is 0. The van der Waals surface area contributed by atoms with Gasteiger partial charge in [-0.05, 0) is 17.7 Å². The highest BCUT2D eigenvalue weighted by atomic mass is 35.5. The van der Waals surface area contributed by atoms with E-state index in [2.05, 4.69) is 0 Å². The molecule has 1 rings (SSSR count). The van der Waals surface area contributed by atoms with E-state index in [-0.39, 0.29) is 18.0 Å². The number of hydrogen-bond donors (Lipinski definition) is 2. The van der Waals surface area contributed by atoms with Crippen LogP contribution in [0.5, 0.6) is 0 Å². The summed E-state index contributed by atoms with van der Waals surface area (Å²) in [4.78, 5) is 0. The number of hydrogen-bond acceptors (Lipinski definition) is 2. The van der Waals surface area contributed by atoms with E-state index in [1.807, 2.05) is 0 Å². The molecule has 19 heavy (non-hydrogen) atoms. The molecule has 0 heterocycles. The molecule has 0 unspecified atom stereocenters. The molecule has 2 atom stereocenters. The Morgan fingerprint density at radius 3 is 1.68 bits per heavy atom. The first-order valence-corrected chi connectivity index (χ1v) is 4.71. The van der Waals surface area contributed by atoms with Gasteiger partial charge in [0.15, 0.2) is 6.10 Å². The first kappa shape index (κ1) is 18.0. The fraction of sp³-hybridized carbons (Fsp3) is 0.400. The molecule has 9 heteroatoms. The Kier molecular flexibility index (Phi) is 5.66. The molecule has 0 fully saturated rings. The van der Waals surface area contributed by atoms with E-state index in [1.54, 1.807) is 0 Å². The van der Waals surface area contributed by atoms with Gasteiger partial charge in [0.1, 0.15) is 0 Å². The molecular weight excluding hydrogens is 300 g/mol. The second-order valence-corrected chi connectivity index (χ2v) is 3.63. The van der Waals surface area contributed by atoms with E-state index in [1.165, 1.54) is 0 Å². The van der Waals surface area contributed by atoms with Gasteiger partial charge in [-0.3, -0.25) is 0 Å². The highest BCUT2D eigenvalue weighted by molar-refractivity contribution is 5.85. The zero-order valence-corrected chi connectivity index (χ0v) is 9.98. The van der Waals surface area contributed by atoms with Crippen molar-refractivity contribution in [2.75, 3.05) is 0 Å². The Morgan fingerprint density at radius 1 is 0.947 bits per heavy atom. The summed E-state index contributed by atoms with van der Waals surface area (Å²) >= 11 is 0. The van der Waals surface area contributed by atoms with Crippen molar-refractivity contribution in [2.45, 2.75) is 24.5 Å². The molecule has 3 N–H and O–H groups in total. The lowest BCUT2D eigenvalue weighted by Gasteiger charge is -2.21. The summed E-state index contributed by atoms with van der Waals surface area (Å²) in [7, 11) is 0. The Balaban J connectivity index is 0.00000324. The van der Waals surface area contributed by atoms with Crippen LogP contribution in [0.3, 0.4) is 0 Å². The molecular formula is C10H10ClF6NO. The average Bonchev–Trinajstić information content (AvgIpc) is 2.25. The van der Waals surface area contributed by atoms with Crippen LogP contribution in [-0.4, -0.2) is 17.4 Å². The van der Waals surface area contributed by atoms with Crippen LogP contribution in [0.1, 0.15) is 17.2 Å². The molecule has 1 aromatic carbocycles. The van der Waals surface area contributed by atoms with Crippen LogP contribution in [0, 0.1) is 0 Å². The summed E-state index contributed by atoms with van der Waals surface area (Å²) in [5.74, 6) is 0. The maximum Gasteiger partial charge on any atom is 0.416 e. The largest absolute Gasteiger partial charge is 0.416 e. The summed E-state index contributed by atoms with van der Waals surface area (Å²) in [6, 6.07) is 1.01. The first-order valence-electron chi connectivity index (χ1n) is 4.71. The standard InChI is InChI=1S/C10H9F6NO.ClH/c11-9(12,13)6-3-1-5(2-4-6)7(17)8(18)10(14,15)16;/h1-4,7-8,18H,17H2;1H/t7-,8-;/m1./s1. The Labute approximate surface area is 110 Å². The highest BCUT2D eigenvalue weighted by Crippen LogP contribution is 2.32. The molecule has 0 saturated heterocycles. The van der Waals surface area contributed by atoms with Crippen LogP contribution >= 0.6 is 12.4 Å². The van der Waals surface area contributed by atoms with E-state index in [4.69, 9.17) is 10.8 Å². The number of aliphatic hydroxyl groups excluding tert-OH is 1. The molecule has 110 valence electrons. The molecule has 0 aliphatic rings. The maximum atomic E-state index is 12.2. The number of alkyl halides is 6. The highest BCUT2D eigenvalue weighted by Gasteiger charge is 2.42. The van der Waals surface area contributed by atoms with Gasteiger partial charge in [-0.2, -0.15) is 26.3 Å². The third kappa shape index (κ3) is 4.55.